The van der Waals surface area contributed by atoms with Crippen molar-refractivity contribution in [2.75, 3.05) is 20.1 Å². The lowest BCUT2D eigenvalue weighted by Gasteiger charge is -2.24. The van der Waals surface area contributed by atoms with Gasteiger partial charge in [-0.3, -0.25) is 9.59 Å². The second-order valence-electron chi connectivity index (χ2n) is 4.91. The first-order valence-corrected chi connectivity index (χ1v) is 5.85. The van der Waals surface area contributed by atoms with Crippen molar-refractivity contribution in [2.45, 2.75) is 25.0 Å². The van der Waals surface area contributed by atoms with Crippen LogP contribution in [0.3, 0.4) is 0 Å². The van der Waals surface area contributed by atoms with Gasteiger partial charge in [-0.1, -0.05) is 0 Å². The largest absolute Gasteiger partial charge is 0.480 e. The number of aliphatic carboxylic acids is 1. The van der Waals surface area contributed by atoms with E-state index in [2.05, 4.69) is 0 Å². The van der Waals surface area contributed by atoms with Crippen molar-refractivity contribution in [3.05, 3.63) is 0 Å². The third-order valence-corrected chi connectivity index (χ3v) is 3.54. The van der Waals surface area contributed by atoms with E-state index in [0.29, 0.717) is 6.54 Å². The molecular weight excluding hydrogens is 240 g/mol. The molecule has 0 aromatic carbocycles. The summed E-state index contributed by atoms with van der Waals surface area (Å²) in [7, 11) is 1.61. The van der Waals surface area contributed by atoms with Crippen LogP contribution in [-0.4, -0.2) is 70.1 Å². The van der Waals surface area contributed by atoms with E-state index >= 15 is 0 Å². The van der Waals surface area contributed by atoms with Crippen molar-refractivity contribution in [1.82, 2.24) is 9.80 Å². The quantitative estimate of drug-likeness (QED) is 0.627. The van der Waals surface area contributed by atoms with Gasteiger partial charge in [0.2, 0.25) is 11.8 Å². The molecule has 2 rings (SSSR count). The van der Waals surface area contributed by atoms with Crippen LogP contribution in [0.5, 0.6) is 0 Å². The number of likely N-dealkylation sites (tertiary alicyclic amines) is 2. The molecule has 2 N–H and O–H groups in total. The van der Waals surface area contributed by atoms with Crippen LogP contribution in [-0.2, 0) is 14.4 Å². The molecule has 0 saturated carbocycles. The highest BCUT2D eigenvalue weighted by atomic mass is 16.4. The average molecular weight is 256 g/mol. The van der Waals surface area contributed by atoms with Crippen LogP contribution in [0.25, 0.3) is 0 Å². The highest BCUT2D eigenvalue weighted by Crippen LogP contribution is 2.25. The summed E-state index contributed by atoms with van der Waals surface area (Å²) in [5.41, 5.74) is 0. The van der Waals surface area contributed by atoms with Gasteiger partial charge in [0, 0.05) is 33.0 Å². The number of aliphatic hydroxyl groups is 1. The van der Waals surface area contributed by atoms with E-state index in [1.807, 2.05) is 0 Å². The Labute approximate surface area is 104 Å². The summed E-state index contributed by atoms with van der Waals surface area (Å²) in [5, 5.41) is 18.5. The molecule has 2 aliphatic heterocycles. The smallest absolute Gasteiger partial charge is 0.326 e. The minimum absolute atomic E-state index is 0.0319. The fraction of sp³-hybridized carbons (Fsp3) is 0.727. The average Bonchev–Trinajstić information content (AvgIpc) is 2.82. The monoisotopic (exact) mass is 256 g/mol. The second kappa shape index (κ2) is 4.56. The standard InChI is InChI=1S/C11H16N2O5/c1-12-4-6(2-9(12)15)10(16)13-5-7(14)3-8(13)11(17)18/h6-8,14H,2-5H2,1H3,(H,17,18)/t6?,7-,8-/m1/s1. The zero-order valence-corrected chi connectivity index (χ0v) is 10.1. The van der Waals surface area contributed by atoms with Crippen molar-refractivity contribution < 1.29 is 24.6 Å². The Kier molecular flexibility index (Phi) is 3.25. The highest BCUT2D eigenvalue weighted by Gasteiger charge is 2.43. The number of aliphatic hydroxyl groups excluding tert-OH is 1. The molecule has 3 atom stereocenters. The summed E-state index contributed by atoms with van der Waals surface area (Å²) in [5.74, 6) is -2.07. The van der Waals surface area contributed by atoms with Crippen LogP contribution in [0, 0.1) is 5.92 Å². The van der Waals surface area contributed by atoms with E-state index in [1.54, 1.807) is 7.05 Å². The number of carboxylic acid groups (broad SMARTS) is 1. The van der Waals surface area contributed by atoms with E-state index in [-0.39, 0.29) is 31.2 Å². The van der Waals surface area contributed by atoms with Crippen LogP contribution >= 0.6 is 0 Å². The fourth-order valence-electron chi connectivity index (χ4n) is 2.55. The van der Waals surface area contributed by atoms with Crippen molar-refractivity contribution in [1.29, 1.82) is 0 Å². The maximum atomic E-state index is 12.2. The molecule has 18 heavy (non-hydrogen) atoms. The Balaban J connectivity index is 2.09. The molecule has 0 aromatic heterocycles. The first-order chi connectivity index (χ1) is 8.40. The SMILES string of the molecule is CN1CC(C(=O)N2C[C@H](O)C[C@@H]2C(=O)O)CC1=O. The van der Waals surface area contributed by atoms with E-state index in [0.717, 1.165) is 0 Å². The molecule has 100 valence electrons. The molecule has 0 bridgehead atoms. The van der Waals surface area contributed by atoms with Crippen molar-refractivity contribution in [2.24, 2.45) is 5.92 Å². The molecule has 1 unspecified atom stereocenters. The Morgan fingerprint density at radius 2 is 2.00 bits per heavy atom. The van der Waals surface area contributed by atoms with E-state index in [9.17, 15) is 19.5 Å². The summed E-state index contributed by atoms with van der Waals surface area (Å²) in [6, 6.07) is -0.978. The molecular formula is C11H16N2O5. The summed E-state index contributed by atoms with van der Waals surface area (Å²) >= 11 is 0. The number of β-amino-alcohol motifs (C(OH)–C–C–N with tert-alkyl or cyclic N) is 1. The first kappa shape index (κ1) is 12.8. The molecule has 7 heteroatoms. The number of hydrogen-bond acceptors (Lipinski definition) is 4. The topological polar surface area (TPSA) is 98.2 Å². The van der Waals surface area contributed by atoms with Gasteiger partial charge in [0.25, 0.3) is 0 Å². The van der Waals surface area contributed by atoms with Crippen LogP contribution in [0.1, 0.15) is 12.8 Å². The fourth-order valence-corrected chi connectivity index (χ4v) is 2.55. The molecule has 0 aromatic rings. The Morgan fingerprint density at radius 1 is 1.33 bits per heavy atom. The predicted molar refractivity (Wildman–Crippen MR) is 59.5 cm³/mol. The Bertz CT molecular complexity index is 397. The third-order valence-electron chi connectivity index (χ3n) is 3.54. The molecule has 0 aliphatic carbocycles. The molecule has 2 aliphatic rings. The van der Waals surface area contributed by atoms with Gasteiger partial charge in [-0.15, -0.1) is 0 Å². The number of rotatable bonds is 2. The number of amides is 2. The maximum absolute atomic E-state index is 12.2. The lowest BCUT2D eigenvalue weighted by Crippen LogP contribution is -2.44. The third kappa shape index (κ3) is 2.17. The molecule has 2 saturated heterocycles. The van der Waals surface area contributed by atoms with Crippen LogP contribution < -0.4 is 0 Å². The van der Waals surface area contributed by atoms with Crippen LogP contribution in [0.15, 0.2) is 0 Å². The molecule has 2 amide bonds. The number of carboxylic acids is 1. The van der Waals surface area contributed by atoms with Crippen molar-refractivity contribution in [3.63, 3.8) is 0 Å². The predicted octanol–water partition coefficient (Wildman–Crippen LogP) is -1.49. The summed E-state index contributed by atoms with van der Waals surface area (Å²) in [6.45, 7) is 0.348. The van der Waals surface area contributed by atoms with Gasteiger partial charge < -0.3 is 20.0 Å². The number of hydrogen-bond donors (Lipinski definition) is 2. The summed E-state index contributed by atoms with van der Waals surface area (Å²) in [6.07, 6.45) is -0.629. The first-order valence-electron chi connectivity index (χ1n) is 5.85. The second-order valence-corrected chi connectivity index (χ2v) is 4.91. The normalized spacial score (nSPS) is 32.1. The number of nitrogens with zero attached hydrogens (tertiary/aromatic N) is 2. The summed E-state index contributed by atoms with van der Waals surface area (Å²) < 4.78 is 0. The minimum atomic E-state index is -1.11. The van der Waals surface area contributed by atoms with Gasteiger partial charge in [0.1, 0.15) is 6.04 Å². The molecule has 2 heterocycles. The van der Waals surface area contributed by atoms with E-state index in [1.165, 1.54) is 9.80 Å². The van der Waals surface area contributed by atoms with Crippen LogP contribution in [0.2, 0.25) is 0 Å². The molecule has 2 fully saturated rings. The minimum Gasteiger partial charge on any atom is -0.480 e. The zero-order valence-electron chi connectivity index (χ0n) is 10.1. The Hall–Kier alpha value is -1.63. The molecule has 0 radical (unpaired) electrons. The number of carbonyl (C=O) groups is 3. The van der Waals surface area contributed by atoms with Gasteiger partial charge in [-0.2, -0.15) is 0 Å². The van der Waals surface area contributed by atoms with E-state index < -0.39 is 24.0 Å². The van der Waals surface area contributed by atoms with E-state index in [4.69, 9.17) is 5.11 Å². The summed E-state index contributed by atoms with van der Waals surface area (Å²) in [4.78, 5) is 37.2. The Morgan fingerprint density at radius 3 is 2.50 bits per heavy atom. The lowest BCUT2D eigenvalue weighted by molar-refractivity contribution is -0.149. The van der Waals surface area contributed by atoms with Gasteiger partial charge in [0.05, 0.1) is 12.0 Å². The van der Waals surface area contributed by atoms with Gasteiger partial charge >= 0.3 is 5.97 Å². The van der Waals surface area contributed by atoms with Gasteiger partial charge in [-0.05, 0) is 0 Å². The van der Waals surface area contributed by atoms with Crippen molar-refractivity contribution in [3.8, 4) is 0 Å². The lowest BCUT2D eigenvalue weighted by atomic mass is 10.1. The molecule has 0 spiro atoms. The molecule has 7 nitrogen and oxygen atoms in total. The van der Waals surface area contributed by atoms with Gasteiger partial charge in [-0.25, -0.2) is 4.79 Å². The highest BCUT2D eigenvalue weighted by molar-refractivity contribution is 5.91. The zero-order chi connectivity index (χ0) is 13.4. The maximum Gasteiger partial charge on any atom is 0.326 e. The van der Waals surface area contributed by atoms with Crippen molar-refractivity contribution >= 4 is 17.8 Å². The number of carbonyl (C=O) groups excluding carboxylic acids is 2. The van der Waals surface area contributed by atoms with Gasteiger partial charge in [0.15, 0.2) is 0 Å². The van der Waals surface area contributed by atoms with Crippen LogP contribution in [0.4, 0.5) is 0 Å².